The maximum atomic E-state index is 12.5. The molecule has 0 aliphatic rings. The third-order valence-corrected chi connectivity index (χ3v) is 4.80. The van der Waals surface area contributed by atoms with E-state index in [4.69, 9.17) is 11.6 Å². The molecule has 1 N–H and O–H groups in total. The normalized spacial score (nSPS) is 13.9. The fourth-order valence-electron chi connectivity index (χ4n) is 2.75. The van der Waals surface area contributed by atoms with Crippen molar-refractivity contribution < 1.29 is 4.79 Å². The van der Waals surface area contributed by atoms with Gasteiger partial charge in [-0.1, -0.05) is 11.6 Å². The van der Waals surface area contributed by atoms with E-state index in [1.165, 1.54) is 0 Å². The number of nitrogens with one attached hydrogen (secondary N) is 1. The maximum Gasteiger partial charge on any atom is 0.245 e. The average Bonchev–Trinajstić information content (AvgIpc) is 3.01. The second-order valence-corrected chi connectivity index (χ2v) is 6.21. The first-order chi connectivity index (χ1) is 10.8. The second kappa shape index (κ2) is 6.74. The van der Waals surface area contributed by atoms with Crippen LogP contribution in [0.4, 0.5) is 0 Å². The molecule has 2 aromatic heterocycles. The van der Waals surface area contributed by atoms with E-state index < -0.39 is 6.04 Å². The van der Waals surface area contributed by atoms with Crippen molar-refractivity contribution in [3.63, 3.8) is 0 Å². The molecule has 0 spiro atoms. The molecule has 7 heteroatoms. The van der Waals surface area contributed by atoms with Gasteiger partial charge in [0.05, 0.1) is 28.6 Å². The van der Waals surface area contributed by atoms with Crippen molar-refractivity contribution in [1.82, 2.24) is 24.9 Å². The first kappa shape index (κ1) is 17.5. The van der Waals surface area contributed by atoms with Crippen LogP contribution >= 0.6 is 11.6 Å². The molecule has 2 rings (SSSR count). The van der Waals surface area contributed by atoms with Gasteiger partial charge in [0.25, 0.3) is 0 Å². The van der Waals surface area contributed by atoms with Crippen molar-refractivity contribution in [1.29, 1.82) is 0 Å². The summed E-state index contributed by atoms with van der Waals surface area (Å²) in [5.41, 5.74) is 3.63. The van der Waals surface area contributed by atoms with Crippen LogP contribution in [0.15, 0.2) is 6.20 Å². The number of halogens is 1. The minimum atomic E-state index is -0.426. The number of hydrogen-bond donors (Lipinski definition) is 1. The third kappa shape index (κ3) is 3.27. The summed E-state index contributed by atoms with van der Waals surface area (Å²) in [6, 6.07) is -0.539. The molecule has 0 aromatic carbocycles. The Kier molecular flexibility index (Phi) is 5.14. The molecule has 0 aliphatic carbocycles. The van der Waals surface area contributed by atoms with Crippen molar-refractivity contribution in [3.8, 4) is 0 Å². The van der Waals surface area contributed by atoms with Gasteiger partial charge >= 0.3 is 0 Å². The van der Waals surface area contributed by atoms with Crippen LogP contribution in [0, 0.1) is 20.8 Å². The summed E-state index contributed by atoms with van der Waals surface area (Å²) in [5.74, 6) is -0.0941. The first-order valence-corrected chi connectivity index (χ1v) is 8.19. The summed E-state index contributed by atoms with van der Waals surface area (Å²) in [4.78, 5) is 12.5. The minimum absolute atomic E-state index is 0.0941. The van der Waals surface area contributed by atoms with Gasteiger partial charge in [-0.2, -0.15) is 10.2 Å². The van der Waals surface area contributed by atoms with Gasteiger partial charge in [0, 0.05) is 17.8 Å². The number of rotatable bonds is 5. The minimum Gasteiger partial charge on any atom is -0.348 e. The molecule has 0 aliphatic heterocycles. The molecule has 1 amide bonds. The van der Waals surface area contributed by atoms with Crippen LogP contribution in [0.3, 0.4) is 0 Å². The average molecular weight is 338 g/mol. The van der Waals surface area contributed by atoms with Crippen LogP contribution in [0.25, 0.3) is 0 Å². The Morgan fingerprint density at radius 2 is 1.96 bits per heavy atom. The fourth-order valence-corrected chi connectivity index (χ4v) is 2.87. The number of carbonyl (C=O) groups is 1. The van der Waals surface area contributed by atoms with E-state index in [0.717, 1.165) is 29.2 Å². The van der Waals surface area contributed by atoms with Crippen molar-refractivity contribution in [2.75, 3.05) is 0 Å². The lowest BCUT2D eigenvalue weighted by molar-refractivity contribution is -0.124. The zero-order chi connectivity index (χ0) is 17.3. The third-order valence-electron chi connectivity index (χ3n) is 4.25. The Morgan fingerprint density at radius 3 is 2.43 bits per heavy atom. The second-order valence-electron chi connectivity index (χ2n) is 5.84. The number of hydrogen-bond acceptors (Lipinski definition) is 3. The Labute approximate surface area is 141 Å². The van der Waals surface area contributed by atoms with Gasteiger partial charge in [0.1, 0.15) is 6.04 Å². The lowest BCUT2D eigenvalue weighted by atomic mass is 10.1. The number of aryl methyl sites for hydroxylation is 2. The first-order valence-electron chi connectivity index (χ1n) is 7.81. The van der Waals surface area contributed by atoms with Crippen molar-refractivity contribution in [3.05, 3.63) is 33.9 Å². The molecule has 0 fully saturated rings. The quantitative estimate of drug-likeness (QED) is 0.911. The van der Waals surface area contributed by atoms with Crippen LogP contribution in [0.5, 0.6) is 0 Å². The largest absolute Gasteiger partial charge is 0.348 e. The molecule has 126 valence electrons. The Bertz CT molecular complexity index is 718. The summed E-state index contributed by atoms with van der Waals surface area (Å²) in [6.07, 6.45) is 1.81. The maximum absolute atomic E-state index is 12.5. The number of nitrogens with zero attached hydrogens (tertiary/aromatic N) is 4. The van der Waals surface area contributed by atoms with Crippen LogP contribution in [-0.4, -0.2) is 25.5 Å². The van der Waals surface area contributed by atoms with Gasteiger partial charge in [0.2, 0.25) is 5.91 Å². The lowest BCUT2D eigenvalue weighted by Gasteiger charge is -2.19. The van der Waals surface area contributed by atoms with Gasteiger partial charge in [0.15, 0.2) is 0 Å². The zero-order valence-electron chi connectivity index (χ0n) is 14.5. The summed E-state index contributed by atoms with van der Waals surface area (Å²) in [7, 11) is 0. The SMILES string of the molecule is CCn1ncc(C(C)NC(=O)C(C)n2nc(C)c(Cl)c2C)c1C. The van der Waals surface area contributed by atoms with E-state index in [0.29, 0.717) is 5.02 Å². The van der Waals surface area contributed by atoms with Gasteiger partial charge in [-0.25, -0.2) is 0 Å². The molecule has 2 unspecified atom stereocenters. The molecule has 23 heavy (non-hydrogen) atoms. The number of carbonyl (C=O) groups excluding carboxylic acids is 1. The van der Waals surface area contributed by atoms with E-state index in [9.17, 15) is 4.79 Å². The van der Waals surface area contributed by atoms with Crippen LogP contribution in [-0.2, 0) is 11.3 Å². The number of amides is 1. The van der Waals surface area contributed by atoms with Gasteiger partial charge in [-0.3, -0.25) is 14.2 Å². The number of aromatic nitrogens is 4. The molecule has 2 heterocycles. The molecule has 0 radical (unpaired) electrons. The van der Waals surface area contributed by atoms with E-state index in [1.807, 2.05) is 52.4 Å². The highest BCUT2D eigenvalue weighted by Crippen LogP contribution is 2.23. The molecular weight excluding hydrogens is 314 g/mol. The van der Waals surface area contributed by atoms with Gasteiger partial charge in [-0.05, 0) is 41.5 Å². The van der Waals surface area contributed by atoms with Crippen molar-refractivity contribution in [2.24, 2.45) is 0 Å². The van der Waals surface area contributed by atoms with Gasteiger partial charge in [-0.15, -0.1) is 0 Å². The van der Waals surface area contributed by atoms with E-state index >= 15 is 0 Å². The Hall–Kier alpha value is -1.82. The highest BCUT2D eigenvalue weighted by Gasteiger charge is 2.23. The fraction of sp³-hybridized carbons (Fsp3) is 0.562. The Morgan fingerprint density at radius 1 is 1.30 bits per heavy atom. The van der Waals surface area contributed by atoms with E-state index in [2.05, 4.69) is 15.5 Å². The van der Waals surface area contributed by atoms with Gasteiger partial charge < -0.3 is 5.32 Å². The molecule has 2 aromatic rings. The summed E-state index contributed by atoms with van der Waals surface area (Å²) >= 11 is 6.16. The van der Waals surface area contributed by atoms with E-state index in [1.54, 1.807) is 4.68 Å². The monoisotopic (exact) mass is 337 g/mol. The summed E-state index contributed by atoms with van der Waals surface area (Å²) in [6.45, 7) is 12.4. The van der Waals surface area contributed by atoms with Crippen molar-refractivity contribution in [2.45, 2.75) is 60.2 Å². The highest BCUT2D eigenvalue weighted by molar-refractivity contribution is 6.31. The van der Waals surface area contributed by atoms with E-state index in [-0.39, 0.29) is 11.9 Å². The van der Waals surface area contributed by atoms with Crippen LogP contribution in [0.2, 0.25) is 5.02 Å². The molecule has 6 nitrogen and oxygen atoms in total. The summed E-state index contributed by atoms with van der Waals surface area (Å²) in [5, 5.41) is 12.3. The Balaban J connectivity index is 2.14. The molecular formula is C16H24ClN5O. The van der Waals surface area contributed by atoms with Crippen LogP contribution < -0.4 is 5.32 Å². The smallest absolute Gasteiger partial charge is 0.245 e. The molecule has 0 bridgehead atoms. The van der Waals surface area contributed by atoms with Crippen molar-refractivity contribution >= 4 is 17.5 Å². The predicted molar refractivity (Wildman–Crippen MR) is 90.6 cm³/mol. The summed E-state index contributed by atoms with van der Waals surface area (Å²) < 4.78 is 3.59. The zero-order valence-corrected chi connectivity index (χ0v) is 15.3. The topological polar surface area (TPSA) is 64.7 Å². The predicted octanol–water partition coefficient (Wildman–Crippen LogP) is 3.12. The molecule has 0 saturated heterocycles. The highest BCUT2D eigenvalue weighted by atomic mass is 35.5. The van der Waals surface area contributed by atoms with Crippen LogP contribution in [0.1, 0.15) is 55.5 Å². The standard InChI is InChI=1S/C16H24ClN5O/c1-7-21-11(4)14(8-18-21)9(2)19-16(23)13(6)22-12(5)15(17)10(3)20-22/h8-9,13H,7H2,1-6H3,(H,19,23). The molecule has 2 atom stereocenters. The molecule has 0 saturated carbocycles. The lowest BCUT2D eigenvalue weighted by Crippen LogP contribution is -2.34.